The van der Waals surface area contributed by atoms with Gasteiger partial charge >= 0.3 is 12.2 Å². The molecule has 0 saturated carbocycles. The molecule has 1 N–H and O–H groups in total. The van der Waals surface area contributed by atoms with Crippen molar-refractivity contribution in [2.45, 2.75) is 65.6 Å². The van der Waals surface area contributed by atoms with Crippen LogP contribution in [0.4, 0.5) is 15.3 Å². The second kappa shape index (κ2) is 9.28. The van der Waals surface area contributed by atoms with E-state index in [4.69, 9.17) is 9.47 Å². The van der Waals surface area contributed by atoms with Gasteiger partial charge in [-0.1, -0.05) is 6.08 Å². The van der Waals surface area contributed by atoms with Gasteiger partial charge in [-0.3, -0.25) is 15.1 Å². The molecule has 0 unspecified atom stereocenters. The minimum atomic E-state index is -0.668. The van der Waals surface area contributed by atoms with E-state index < -0.39 is 23.4 Å². The number of nitrogens with one attached hydrogen (secondary N) is 1. The lowest BCUT2D eigenvalue weighted by Gasteiger charge is -2.27. The number of carbonyl (C=O) groups excluding carboxylic acids is 3. The molecule has 2 heterocycles. The van der Waals surface area contributed by atoms with Gasteiger partial charge in [0.2, 0.25) is 0 Å². The van der Waals surface area contributed by atoms with E-state index in [0.29, 0.717) is 24.2 Å². The highest BCUT2D eigenvalue weighted by Gasteiger charge is 2.26. The van der Waals surface area contributed by atoms with Crippen molar-refractivity contribution in [1.29, 1.82) is 0 Å². The monoisotopic (exact) mass is 417 g/mol. The summed E-state index contributed by atoms with van der Waals surface area (Å²) >= 11 is 0. The Morgan fingerprint density at radius 2 is 1.80 bits per heavy atom. The molecule has 0 aliphatic carbocycles. The van der Waals surface area contributed by atoms with E-state index in [2.05, 4.69) is 10.3 Å². The molecular weight excluding hydrogens is 386 g/mol. The van der Waals surface area contributed by atoms with Crippen LogP contribution in [0.2, 0.25) is 0 Å². The molecule has 8 heteroatoms. The molecular formula is C22H31N3O5. The molecule has 0 bridgehead atoms. The van der Waals surface area contributed by atoms with Crippen LogP contribution in [-0.4, -0.2) is 52.6 Å². The number of hydrogen-bond donors (Lipinski definition) is 1. The summed E-state index contributed by atoms with van der Waals surface area (Å²) < 4.78 is 10.8. The van der Waals surface area contributed by atoms with Gasteiger partial charge in [-0.2, -0.15) is 0 Å². The summed E-state index contributed by atoms with van der Waals surface area (Å²) in [6.07, 6.45) is 4.57. The summed E-state index contributed by atoms with van der Waals surface area (Å²) in [5, 5.41) is 2.61. The SMILES string of the molecule is CC(C)(C)OC(=O)Nc1ccnc(C2=CCCCN(C(=O)OC(C)(C)C)C2)c1C=O. The molecule has 0 atom stereocenters. The van der Waals surface area contributed by atoms with Crippen molar-refractivity contribution in [3.63, 3.8) is 0 Å². The highest BCUT2D eigenvalue weighted by molar-refractivity contribution is 5.97. The summed E-state index contributed by atoms with van der Waals surface area (Å²) in [4.78, 5) is 42.6. The molecule has 2 rings (SSSR count). The van der Waals surface area contributed by atoms with Crippen LogP contribution in [0.1, 0.15) is 70.4 Å². The normalized spacial score (nSPS) is 15.0. The maximum atomic E-state index is 12.6. The van der Waals surface area contributed by atoms with Crippen molar-refractivity contribution in [3.8, 4) is 0 Å². The second-order valence-corrected chi connectivity index (χ2v) is 9.14. The van der Waals surface area contributed by atoms with Gasteiger partial charge in [0.15, 0.2) is 6.29 Å². The van der Waals surface area contributed by atoms with Gasteiger partial charge in [-0.05, 0) is 66.0 Å². The molecule has 0 fully saturated rings. The van der Waals surface area contributed by atoms with Crippen LogP contribution in [0, 0.1) is 0 Å². The molecule has 164 valence electrons. The average Bonchev–Trinajstić information content (AvgIpc) is 2.84. The van der Waals surface area contributed by atoms with E-state index in [0.717, 1.165) is 18.4 Å². The zero-order chi connectivity index (χ0) is 22.5. The number of nitrogens with zero attached hydrogens (tertiary/aromatic N) is 2. The number of aldehydes is 1. The summed E-state index contributed by atoms with van der Waals surface area (Å²) in [7, 11) is 0. The average molecular weight is 418 g/mol. The fourth-order valence-corrected chi connectivity index (χ4v) is 2.93. The molecule has 0 radical (unpaired) electrons. The molecule has 0 saturated heterocycles. The van der Waals surface area contributed by atoms with E-state index in [-0.39, 0.29) is 12.1 Å². The van der Waals surface area contributed by atoms with Crippen molar-refractivity contribution in [3.05, 3.63) is 29.6 Å². The lowest BCUT2D eigenvalue weighted by Crippen LogP contribution is -2.38. The first-order valence-electron chi connectivity index (χ1n) is 10.0. The van der Waals surface area contributed by atoms with Gasteiger partial charge in [0.05, 0.1) is 23.5 Å². The Morgan fingerprint density at radius 1 is 1.13 bits per heavy atom. The van der Waals surface area contributed by atoms with E-state index in [1.54, 1.807) is 31.7 Å². The second-order valence-electron chi connectivity index (χ2n) is 9.14. The number of pyridine rings is 1. The van der Waals surface area contributed by atoms with Gasteiger partial charge in [0.25, 0.3) is 0 Å². The van der Waals surface area contributed by atoms with Gasteiger partial charge in [-0.25, -0.2) is 9.59 Å². The molecule has 0 aromatic carbocycles. The zero-order valence-electron chi connectivity index (χ0n) is 18.6. The molecule has 2 amide bonds. The predicted molar refractivity (Wildman–Crippen MR) is 114 cm³/mol. The summed E-state index contributed by atoms with van der Waals surface area (Å²) in [6, 6.07) is 1.54. The third-order valence-corrected chi connectivity index (χ3v) is 4.08. The largest absolute Gasteiger partial charge is 0.444 e. The maximum absolute atomic E-state index is 12.6. The van der Waals surface area contributed by atoms with Gasteiger partial charge in [0.1, 0.15) is 11.2 Å². The van der Waals surface area contributed by atoms with E-state index in [1.807, 2.05) is 26.8 Å². The maximum Gasteiger partial charge on any atom is 0.412 e. The fraction of sp³-hybridized carbons (Fsp3) is 0.545. The minimum absolute atomic E-state index is 0.237. The lowest BCUT2D eigenvalue weighted by atomic mass is 10.0. The quantitative estimate of drug-likeness (QED) is 0.719. The number of aromatic nitrogens is 1. The van der Waals surface area contributed by atoms with Crippen molar-refractivity contribution in [2.24, 2.45) is 0 Å². The van der Waals surface area contributed by atoms with E-state index in [9.17, 15) is 14.4 Å². The number of ether oxygens (including phenoxy) is 2. The van der Waals surface area contributed by atoms with Crippen molar-refractivity contribution in [2.75, 3.05) is 18.4 Å². The highest BCUT2D eigenvalue weighted by Crippen LogP contribution is 2.27. The first kappa shape index (κ1) is 23.4. The Bertz CT molecular complexity index is 834. The third-order valence-electron chi connectivity index (χ3n) is 4.08. The standard InChI is InChI=1S/C22H31N3O5/c1-21(2,3)29-19(27)24-17-10-11-23-18(16(17)14-26)15-9-7-8-12-25(13-15)20(28)30-22(4,5)6/h9-11,14H,7-8,12-13H2,1-6H3,(H,23,24,27). The predicted octanol–water partition coefficient (Wildman–Crippen LogP) is 4.66. The van der Waals surface area contributed by atoms with Crippen LogP contribution in [0.3, 0.4) is 0 Å². The van der Waals surface area contributed by atoms with Crippen LogP contribution in [0.25, 0.3) is 5.57 Å². The third kappa shape index (κ3) is 6.86. The molecule has 0 spiro atoms. The first-order valence-corrected chi connectivity index (χ1v) is 10.0. The molecule has 1 aromatic heterocycles. The number of amides is 2. The Hall–Kier alpha value is -2.90. The van der Waals surface area contributed by atoms with Crippen LogP contribution in [0.15, 0.2) is 18.3 Å². The number of rotatable bonds is 3. The van der Waals surface area contributed by atoms with Crippen molar-refractivity contribution >= 4 is 29.7 Å². The smallest absolute Gasteiger partial charge is 0.412 e. The van der Waals surface area contributed by atoms with E-state index >= 15 is 0 Å². The summed E-state index contributed by atoms with van der Waals surface area (Å²) in [5.74, 6) is 0. The van der Waals surface area contributed by atoms with Gasteiger partial charge in [0, 0.05) is 12.7 Å². The molecule has 8 nitrogen and oxygen atoms in total. The zero-order valence-corrected chi connectivity index (χ0v) is 18.6. The summed E-state index contributed by atoms with van der Waals surface area (Å²) in [5.41, 5.74) is 0.427. The van der Waals surface area contributed by atoms with Crippen molar-refractivity contribution in [1.82, 2.24) is 9.88 Å². The van der Waals surface area contributed by atoms with Crippen LogP contribution in [0.5, 0.6) is 0 Å². The molecule has 30 heavy (non-hydrogen) atoms. The number of allylic oxidation sites excluding steroid dienone is 1. The molecule has 1 aliphatic heterocycles. The lowest BCUT2D eigenvalue weighted by molar-refractivity contribution is 0.0276. The van der Waals surface area contributed by atoms with E-state index in [1.165, 1.54) is 6.20 Å². The topological polar surface area (TPSA) is 97.8 Å². The first-order chi connectivity index (χ1) is 13.9. The van der Waals surface area contributed by atoms with Crippen LogP contribution in [-0.2, 0) is 9.47 Å². The number of anilines is 1. The molecule has 1 aromatic rings. The Morgan fingerprint density at radius 3 is 2.40 bits per heavy atom. The number of carbonyl (C=O) groups is 3. The highest BCUT2D eigenvalue weighted by atomic mass is 16.6. The Labute approximate surface area is 177 Å². The van der Waals surface area contributed by atoms with Gasteiger partial charge in [-0.15, -0.1) is 0 Å². The number of hydrogen-bond acceptors (Lipinski definition) is 6. The Balaban J connectivity index is 2.29. The summed E-state index contributed by atoms with van der Waals surface area (Å²) in [6.45, 7) is 11.5. The van der Waals surface area contributed by atoms with Crippen LogP contribution < -0.4 is 5.32 Å². The molecule has 1 aliphatic rings. The fourth-order valence-electron chi connectivity index (χ4n) is 2.93. The van der Waals surface area contributed by atoms with Crippen molar-refractivity contribution < 1.29 is 23.9 Å². The van der Waals surface area contributed by atoms with Gasteiger partial charge < -0.3 is 14.4 Å². The minimum Gasteiger partial charge on any atom is -0.444 e. The Kier molecular flexibility index (Phi) is 7.23. The van der Waals surface area contributed by atoms with Crippen LogP contribution >= 0.6 is 0 Å².